The van der Waals surface area contributed by atoms with Crippen molar-refractivity contribution in [2.24, 2.45) is 0 Å². The van der Waals surface area contributed by atoms with Crippen LogP contribution in [0.25, 0.3) is 0 Å². The highest BCUT2D eigenvalue weighted by molar-refractivity contribution is 7.91. The third-order valence-electron chi connectivity index (χ3n) is 3.50. The molecule has 21 heavy (non-hydrogen) atoms. The molecule has 0 aliphatic carbocycles. The molecule has 0 radical (unpaired) electrons. The number of hydrogen-bond donors (Lipinski definition) is 0. The molecule has 1 heterocycles. The number of non-ortho nitro benzene ring substituents is 1. The lowest BCUT2D eigenvalue weighted by Gasteiger charge is -2.25. The van der Waals surface area contributed by atoms with Crippen LogP contribution < -0.4 is 4.90 Å². The summed E-state index contributed by atoms with van der Waals surface area (Å²) in [6.45, 7) is 0. The average molecular weight is 315 g/mol. The summed E-state index contributed by atoms with van der Waals surface area (Å²) < 4.78 is 23.0. The van der Waals surface area contributed by atoms with Crippen LogP contribution >= 0.6 is 0 Å². The minimum absolute atomic E-state index is 0.0444. The predicted molar refractivity (Wildman–Crippen MR) is 75.2 cm³/mol. The molecule has 0 N–H and O–H groups in total. The Balaban J connectivity index is 2.39. The topological polar surface area (TPSA) is 124 Å². The molecule has 1 atom stereocenters. The Morgan fingerprint density at radius 2 is 1.90 bits per heavy atom. The lowest BCUT2D eigenvalue weighted by atomic mass is 10.1. The highest BCUT2D eigenvalue weighted by atomic mass is 32.2. The lowest BCUT2D eigenvalue weighted by molar-refractivity contribution is -0.393. The fraction of sp³-hybridized carbons (Fsp3) is 0.455. The molecule has 0 unspecified atom stereocenters. The smallest absolute Gasteiger partial charge is 0.299 e. The van der Waals surface area contributed by atoms with Gasteiger partial charge in [0.25, 0.3) is 11.4 Å². The average Bonchev–Trinajstić information content (AvgIpc) is 2.77. The minimum Gasteiger partial charge on any atom is -0.365 e. The van der Waals surface area contributed by atoms with Gasteiger partial charge >= 0.3 is 0 Å². The molecule has 2 rings (SSSR count). The van der Waals surface area contributed by atoms with Crippen molar-refractivity contribution in [1.29, 1.82) is 0 Å². The standard InChI is InChI=1S/C11H13N3O6S/c1-12(9-4-5-21(19,20)7-9)10-3-2-8(13(15)16)6-11(10)14(17)18/h2-3,6,9H,4-5,7H2,1H3/t9-/m0/s1. The molecular weight excluding hydrogens is 302 g/mol. The zero-order valence-electron chi connectivity index (χ0n) is 11.1. The summed E-state index contributed by atoms with van der Waals surface area (Å²) in [5, 5.41) is 21.8. The quantitative estimate of drug-likeness (QED) is 0.602. The van der Waals surface area contributed by atoms with E-state index in [0.29, 0.717) is 6.42 Å². The molecule has 1 fully saturated rings. The molecule has 1 aromatic rings. The Hall–Kier alpha value is -2.23. The van der Waals surface area contributed by atoms with Crippen molar-refractivity contribution in [3.05, 3.63) is 38.4 Å². The Labute approximate surface area is 120 Å². The molecular formula is C11H13N3O6S. The molecule has 1 aliphatic heterocycles. The van der Waals surface area contributed by atoms with Crippen LogP contribution in [0.3, 0.4) is 0 Å². The van der Waals surface area contributed by atoms with Gasteiger partial charge in [0.05, 0.1) is 27.4 Å². The summed E-state index contributed by atoms with van der Waals surface area (Å²) in [5.41, 5.74) is -0.610. The number of anilines is 1. The third kappa shape index (κ3) is 3.10. The van der Waals surface area contributed by atoms with Crippen LogP contribution in [0.15, 0.2) is 18.2 Å². The maximum atomic E-state index is 11.5. The van der Waals surface area contributed by atoms with E-state index in [-0.39, 0.29) is 28.9 Å². The van der Waals surface area contributed by atoms with Gasteiger partial charge in [-0.2, -0.15) is 0 Å². The normalized spacial score (nSPS) is 20.1. The van der Waals surface area contributed by atoms with E-state index in [0.717, 1.165) is 6.07 Å². The Kier molecular flexibility index (Phi) is 3.81. The second-order valence-corrected chi connectivity index (χ2v) is 7.08. The fourth-order valence-corrected chi connectivity index (χ4v) is 4.12. The zero-order chi connectivity index (χ0) is 15.8. The molecule has 0 saturated carbocycles. The van der Waals surface area contributed by atoms with Crippen LogP contribution in [-0.2, 0) is 9.84 Å². The molecule has 0 amide bonds. The third-order valence-corrected chi connectivity index (χ3v) is 5.25. The van der Waals surface area contributed by atoms with Gasteiger partial charge in [0, 0.05) is 19.2 Å². The van der Waals surface area contributed by atoms with E-state index in [9.17, 15) is 28.6 Å². The molecule has 114 valence electrons. The van der Waals surface area contributed by atoms with Crippen LogP contribution in [0.2, 0.25) is 0 Å². The van der Waals surface area contributed by atoms with Gasteiger partial charge < -0.3 is 4.90 Å². The van der Waals surface area contributed by atoms with Gasteiger partial charge in [0.15, 0.2) is 9.84 Å². The summed E-state index contributed by atoms with van der Waals surface area (Å²) in [4.78, 5) is 21.9. The number of benzene rings is 1. The first-order chi connectivity index (χ1) is 9.71. The van der Waals surface area contributed by atoms with Crippen LogP contribution in [0.1, 0.15) is 6.42 Å². The van der Waals surface area contributed by atoms with E-state index in [1.807, 2.05) is 0 Å². The van der Waals surface area contributed by atoms with Crippen molar-refractivity contribution in [3.8, 4) is 0 Å². The maximum absolute atomic E-state index is 11.5. The predicted octanol–water partition coefficient (Wildman–Crippen LogP) is 1.13. The monoisotopic (exact) mass is 315 g/mol. The highest BCUT2D eigenvalue weighted by Gasteiger charge is 2.33. The summed E-state index contributed by atoms with van der Waals surface area (Å²) in [6.07, 6.45) is 0.382. The van der Waals surface area contributed by atoms with Crippen LogP contribution in [0.4, 0.5) is 17.1 Å². The largest absolute Gasteiger partial charge is 0.365 e. The number of nitro groups is 2. The zero-order valence-corrected chi connectivity index (χ0v) is 11.9. The molecule has 0 spiro atoms. The summed E-state index contributed by atoms with van der Waals surface area (Å²) in [5.74, 6) is -0.0274. The van der Waals surface area contributed by atoms with Gasteiger partial charge in [-0.15, -0.1) is 0 Å². The maximum Gasteiger partial charge on any atom is 0.299 e. The van der Waals surface area contributed by atoms with E-state index in [1.165, 1.54) is 17.0 Å². The van der Waals surface area contributed by atoms with Gasteiger partial charge in [-0.25, -0.2) is 8.42 Å². The summed E-state index contributed by atoms with van der Waals surface area (Å²) in [7, 11) is -1.57. The van der Waals surface area contributed by atoms with E-state index in [4.69, 9.17) is 0 Å². The van der Waals surface area contributed by atoms with Crippen LogP contribution in [0.5, 0.6) is 0 Å². The Morgan fingerprint density at radius 3 is 2.38 bits per heavy atom. The molecule has 10 heteroatoms. The second kappa shape index (κ2) is 5.28. The SMILES string of the molecule is CN(c1ccc([N+](=O)[O-])cc1[N+](=O)[O-])[C@H]1CCS(=O)(=O)C1. The number of hydrogen-bond acceptors (Lipinski definition) is 7. The second-order valence-electron chi connectivity index (χ2n) is 4.86. The first kappa shape index (κ1) is 15.2. The van der Waals surface area contributed by atoms with Gasteiger partial charge in [0.2, 0.25) is 0 Å². The van der Waals surface area contributed by atoms with Crippen molar-refractivity contribution in [3.63, 3.8) is 0 Å². The van der Waals surface area contributed by atoms with E-state index >= 15 is 0 Å². The van der Waals surface area contributed by atoms with Gasteiger partial charge in [-0.05, 0) is 12.5 Å². The Morgan fingerprint density at radius 1 is 1.24 bits per heavy atom. The molecule has 0 bridgehead atoms. The van der Waals surface area contributed by atoms with Crippen molar-refractivity contribution in [2.45, 2.75) is 12.5 Å². The van der Waals surface area contributed by atoms with E-state index in [1.54, 1.807) is 7.05 Å². The molecule has 0 aromatic heterocycles. The van der Waals surface area contributed by atoms with Crippen molar-refractivity contribution >= 4 is 26.9 Å². The molecule has 1 aromatic carbocycles. The summed E-state index contributed by atoms with van der Waals surface area (Å²) in [6, 6.07) is 2.97. The van der Waals surface area contributed by atoms with Crippen molar-refractivity contribution in [2.75, 3.05) is 23.5 Å². The highest BCUT2D eigenvalue weighted by Crippen LogP contribution is 2.34. The van der Waals surface area contributed by atoms with E-state index in [2.05, 4.69) is 0 Å². The van der Waals surface area contributed by atoms with Crippen LogP contribution in [-0.4, -0.2) is 42.9 Å². The molecule has 1 saturated heterocycles. The number of rotatable bonds is 4. The van der Waals surface area contributed by atoms with Crippen LogP contribution in [0, 0.1) is 20.2 Å². The lowest BCUT2D eigenvalue weighted by Crippen LogP contribution is -2.32. The molecule has 9 nitrogen and oxygen atoms in total. The van der Waals surface area contributed by atoms with Gasteiger partial charge in [0.1, 0.15) is 5.69 Å². The minimum atomic E-state index is -3.12. The van der Waals surface area contributed by atoms with E-state index < -0.39 is 25.4 Å². The van der Waals surface area contributed by atoms with Crippen molar-refractivity contribution < 1.29 is 18.3 Å². The van der Waals surface area contributed by atoms with Gasteiger partial charge in [-0.1, -0.05) is 0 Å². The number of sulfone groups is 1. The van der Waals surface area contributed by atoms with Gasteiger partial charge in [-0.3, -0.25) is 20.2 Å². The fourth-order valence-electron chi connectivity index (χ4n) is 2.35. The molecule has 1 aliphatic rings. The Bertz CT molecular complexity index is 702. The summed E-state index contributed by atoms with van der Waals surface area (Å²) >= 11 is 0. The number of nitrogens with zero attached hydrogens (tertiary/aromatic N) is 3. The first-order valence-corrected chi connectivity index (χ1v) is 7.89. The number of nitro benzene ring substituents is 2. The first-order valence-electron chi connectivity index (χ1n) is 6.07. The van der Waals surface area contributed by atoms with Crippen molar-refractivity contribution in [1.82, 2.24) is 0 Å².